The first-order valence-corrected chi connectivity index (χ1v) is 25.0. The van der Waals surface area contributed by atoms with E-state index >= 15 is 0 Å². The summed E-state index contributed by atoms with van der Waals surface area (Å²) in [4.78, 5) is 0. The van der Waals surface area contributed by atoms with Gasteiger partial charge in [0.2, 0.25) is 0 Å². The van der Waals surface area contributed by atoms with E-state index in [1.54, 1.807) is 0 Å². The summed E-state index contributed by atoms with van der Waals surface area (Å²) < 4.78 is 54.7. The number of fused-ring (bicyclic) bond motifs is 4. The van der Waals surface area contributed by atoms with Gasteiger partial charge in [-0.2, -0.15) is 0 Å². The van der Waals surface area contributed by atoms with E-state index in [1.165, 1.54) is 0 Å². The number of hydrogen-bond acceptors (Lipinski definition) is 8. The molecule has 1 aromatic rings. The van der Waals surface area contributed by atoms with Gasteiger partial charge in [-0.15, -0.1) is 0 Å². The van der Waals surface area contributed by atoms with E-state index in [1.807, 2.05) is 18.2 Å². The van der Waals surface area contributed by atoms with Crippen LogP contribution in [0.25, 0.3) is 0 Å². The lowest BCUT2D eigenvalue weighted by Gasteiger charge is -2.50. The van der Waals surface area contributed by atoms with E-state index in [2.05, 4.69) is 116 Å². The Labute approximate surface area is 309 Å². The Morgan fingerprint density at radius 1 is 0.686 bits per heavy atom. The molecule has 5 aliphatic rings. The molecular formula is C41H64O8Si2. The zero-order chi connectivity index (χ0) is 36.6. The van der Waals surface area contributed by atoms with E-state index in [4.69, 9.17) is 37.3 Å². The zero-order valence-corrected chi connectivity index (χ0v) is 34.7. The topological polar surface area (TPSA) is 73.8 Å². The van der Waals surface area contributed by atoms with Gasteiger partial charge in [0.25, 0.3) is 0 Å². The minimum Gasteiger partial charge on any atom is -0.414 e. The van der Waals surface area contributed by atoms with Crippen LogP contribution in [-0.2, 0) is 43.9 Å². The third kappa shape index (κ3) is 9.10. The summed E-state index contributed by atoms with van der Waals surface area (Å²) in [5, 5.41) is 0.148. The molecule has 0 spiro atoms. The molecule has 0 bridgehead atoms. The first-order valence-electron chi connectivity index (χ1n) is 19.2. The van der Waals surface area contributed by atoms with Gasteiger partial charge in [-0.3, -0.25) is 0 Å². The van der Waals surface area contributed by atoms with Gasteiger partial charge >= 0.3 is 0 Å². The van der Waals surface area contributed by atoms with E-state index in [9.17, 15) is 0 Å². The second-order valence-corrected chi connectivity index (χ2v) is 27.7. The first-order chi connectivity index (χ1) is 24.0. The zero-order valence-electron chi connectivity index (χ0n) is 32.7. The maximum Gasteiger partial charge on any atom is 0.193 e. The summed E-state index contributed by atoms with van der Waals surface area (Å²) in [5.41, 5.74) is 1.12. The van der Waals surface area contributed by atoms with Gasteiger partial charge in [0.15, 0.2) is 16.6 Å². The van der Waals surface area contributed by atoms with Crippen LogP contribution in [0.15, 0.2) is 66.8 Å². The largest absolute Gasteiger partial charge is 0.414 e. The minimum absolute atomic E-state index is 0.0639. The maximum absolute atomic E-state index is 7.07. The van der Waals surface area contributed by atoms with E-state index < -0.39 is 16.6 Å². The number of hydrogen-bond donors (Lipinski definition) is 0. The Hall–Kier alpha value is -1.45. The highest BCUT2D eigenvalue weighted by Gasteiger charge is 2.53. The molecule has 10 heteroatoms. The molecule has 5 aliphatic heterocycles. The standard InChI is InChI=1S/C41H64O8Si2/c1-40(2,3)50(7,8)44-27-36-32(49-51(9,10)41(4,5)6)21-16-20-29-30(46-36)22-23-31-34(45-29)25-35-38(48-31)39(43-26-28-17-12-11-13-18-28)37-33(47-35)19-14-15-24-42-37/h11-18,21-23,29-39H,19-20,24-27H2,1-10H3/b21-16-/t29-,30+,31-,32+,33+,34+,35-,36-,37+,38-,39-/m1/s1. The van der Waals surface area contributed by atoms with Gasteiger partial charge in [0.1, 0.15) is 36.6 Å². The highest BCUT2D eigenvalue weighted by molar-refractivity contribution is 6.74. The molecule has 1 aromatic carbocycles. The first kappa shape index (κ1) is 39.3. The normalized spacial score (nSPS) is 36.7. The van der Waals surface area contributed by atoms with Crippen LogP contribution in [0.3, 0.4) is 0 Å². The number of rotatable bonds is 8. The maximum atomic E-state index is 7.07. The lowest BCUT2D eigenvalue weighted by molar-refractivity contribution is -0.295. The summed E-state index contributed by atoms with van der Waals surface area (Å²) in [6.07, 6.45) is 12.7. The molecule has 2 saturated heterocycles. The number of benzene rings is 1. The molecule has 0 unspecified atom stereocenters. The van der Waals surface area contributed by atoms with Crippen LogP contribution in [0.5, 0.6) is 0 Å². The van der Waals surface area contributed by atoms with E-state index in [-0.39, 0.29) is 77.2 Å². The fourth-order valence-electron chi connectivity index (χ4n) is 7.08. The fourth-order valence-corrected chi connectivity index (χ4v) is 9.36. The van der Waals surface area contributed by atoms with Crippen LogP contribution in [0, 0.1) is 0 Å². The Kier molecular flexibility index (Phi) is 12.1. The van der Waals surface area contributed by atoms with Crippen molar-refractivity contribution in [3.8, 4) is 0 Å². The van der Waals surface area contributed by atoms with Crippen LogP contribution in [-0.4, -0.2) is 97.0 Å². The van der Waals surface area contributed by atoms with Crippen LogP contribution < -0.4 is 0 Å². The predicted octanol–water partition coefficient (Wildman–Crippen LogP) is 8.29. The van der Waals surface area contributed by atoms with E-state index in [0.717, 1.165) is 12.0 Å². The van der Waals surface area contributed by atoms with Crippen molar-refractivity contribution in [3.63, 3.8) is 0 Å². The molecule has 51 heavy (non-hydrogen) atoms. The molecule has 0 radical (unpaired) electrons. The molecule has 0 aromatic heterocycles. The third-order valence-corrected chi connectivity index (χ3v) is 21.3. The van der Waals surface area contributed by atoms with Crippen molar-refractivity contribution in [2.45, 2.75) is 171 Å². The predicted molar refractivity (Wildman–Crippen MR) is 206 cm³/mol. The SMILES string of the molecule is CC(C)(C)[Si](C)(C)OC[C@H]1O[C@H]2C=C[C@H]3O[C@H]4[C@H](OCc5ccccc5)[C@H]5OCC=CC[C@@H]5O[C@@H]4C[C@@H]3O[C@@H]2C/C=C\[C@@H]1O[Si](C)(C)C(C)(C)C. The van der Waals surface area contributed by atoms with Gasteiger partial charge in [-0.05, 0) is 54.7 Å². The fraction of sp³-hybridized carbons (Fsp3) is 0.707. The molecule has 8 nitrogen and oxygen atoms in total. The Bertz CT molecular complexity index is 1380. The van der Waals surface area contributed by atoms with Crippen LogP contribution in [0.1, 0.15) is 66.4 Å². The highest BCUT2D eigenvalue weighted by atomic mass is 28.4. The Morgan fingerprint density at radius 2 is 1.35 bits per heavy atom. The second kappa shape index (κ2) is 15.7. The van der Waals surface area contributed by atoms with Crippen molar-refractivity contribution >= 4 is 16.6 Å². The summed E-state index contributed by atoms with van der Waals surface area (Å²) in [7, 11) is -4.17. The van der Waals surface area contributed by atoms with Crippen molar-refractivity contribution in [3.05, 3.63) is 72.4 Å². The minimum atomic E-state index is -2.12. The van der Waals surface area contributed by atoms with Crippen LogP contribution in [0.2, 0.25) is 36.3 Å². The third-order valence-electron chi connectivity index (χ3n) is 12.3. The monoisotopic (exact) mass is 740 g/mol. The molecule has 6 rings (SSSR count). The molecule has 5 heterocycles. The Morgan fingerprint density at radius 3 is 2.06 bits per heavy atom. The van der Waals surface area contributed by atoms with Crippen molar-refractivity contribution in [1.29, 1.82) is 0 Å². The smallest absolute Gasteiger partial charge is 0.193 e. The molecule has 0 N–H and O–H groups in total. The van der Waals surface area contributed by atoms with Crippen LogP contribution in [0.4, 0.5) is 0 Å². The summed E-state index contributed by atoms with van der Waals surface area (Å²) in [5.74, 6) is 0. The van der Waals surface area contributed by atoms with Gasteiger partial charge in [-0.1, -0.05) is 108 Å². The van der Waals surface area contributed by atoms with Crippen molar-refractivity contribution in [2.24, 2.45) is 0 Å². The lowest BCUT2D eigenvalue weighted by Crippen LogP contribution is -2.64. The van der Waals surface area contributed by atoms with Crippen molar-refractivity contribution in [1.82, 2.24) is 0 Å². The summed E-state index contributed by atoms with van der Waals surface area (Å²) in [6, 6.07) is 10.3. The highest BCUT2D eigenvalue weighted by Crippen LogP contribution is 2.42. The molecular weight excluding hydrogens is 677 g/mol. The van der Waals surface area contributed by atoms with Gasteiger partial charge in [0.05, 0.1) is 50.3 Å². The van der Waals surface area contributed by atoms with Gasteiger partial charge in [-0.25, -0.2) is 0 Å². The summed E-state index contributed by atoms with van der Waals surface area (Å²) >= 11 is 0. The number of ether oxygens (including phenoxy) is 6. The van der Waals surface area contributed by atoms with Crippen LogP contribution >= 0.6 is 0 Å². The van der Waals surface area contributed by atoms with Gasteiger partial charge in [0, 0.05) is 6.42 Å². The molecule has 11 atom stereocenters. The Balaban J connectivity index is 1.23. The molecule has 0 amide bonds. The molecule has 0 aliphatic carbocycles. The average Bonchev–Trinajstić information content (AvgIpc) is 3.38. The second-order valence-electron chi connectivity index (χ2n) is 18.1. The molecule has 284 valence electrons. The summed E-state index contributed by atoms with van der Waals surface area (Å²) in [6.45, 7) is 24.4. The van der Waals surface area contributed by atoms with Gasteiger partial charge < -0.3 is 37.3 Å². The quantitative estimate of drug-likeness (QED) is 0.195. The van der Waals surface area contributed by atoms with E-state index in [0.29, 0.717) is 32.7 Å². The average molecular weight is 741 g/mol. The lowest BCUT2D eigenvalue weighted by atomic mass is 9.87. The molecule has 2 fully saturated rings. The van der Waals surface area contributed by atoms with Crippen molar-refractivity contribution in [2.75, 3.05) is 13.2 Å². The molecule has 0 saturated carbocycles. The van der Waals surface area contributed by atoms with Crippen molar-refractivity contribution < 1.29 is 37.3 Å².